The number of hydrogen-bond acceptors (Lipinski definition) is 3. The fourth-order valence-corrected chi connectivity index (χ4v) is 2.28. The van der Waals surface area contributed by atoms with Gasteiger partial charge in [0.25, 0.3) is 0 Å². The van der Waals surface area contributed by atoms with E-state index < -0.39 is 0 Å². The molecule has 1 aromatic carbocycles. The minimum Gasteiger partial charge on any atom is -0.330 e. The quantitative estimate of drug-likeness (QED) is 0.875. The fraction of sp³-hybridized carbons (Fsp3) is 0.412. The van der Waals surface area contributed by atoms with Crippen molar-refractivity contribution in [3.63, 3.8) is 0 Å². The van der Waals surface area contributed by atoms with Crippen molar-refractivity contribution in [1.29, 1.82) is 0 Å². The summed E-state index contributed by atoms with van der Waals surface area (Å²) in [6.07, 6.45) is 4.08. The number of aryl methyl sites for hydroxylation is 3. The van der Waals surface area contributed by atoms with Gasteiger partial charge in [0.05, 0.1) is 5.69 Å². The third-order valence-corrected chi connectivity index (χ3v) is 3.29. The predicted octanol–water partition coefficient (Wildman–Crippen LogP) is 3.30. The Kier molecular flexibility index (Phi) is 5.24. The molecule has 0 aliphatic carbocycles. The molecule has 1 aromatic heterocycles. The van der Waals surface area contributed by atoms with Crippen molar-refractivity contribution in [2.24, 2.45) is 5.73 Å². The molecule has 0 bridgehead atoms. The first kappa shape index (κ1) is 14.7. The smallest absolute Gasteiger partial charge is 0.129 e. The van der Waals surface area contributed by atoms with Gasteiger partial charge >= 0.3 is 0 Å². The Hall–Kier alpha value is -1.74. The second-order valence-corrected chi connectivity index (χ2v) is 5.15. The van der Waals surface area contributed by atoms with Gasteiger partial charge in [0.2, 0.25) is 0 Å². The monoisotopic (exact) mass is 269 g/mol. The van der Waals surface area contributed by atoms with Gasteiger partial charge < -0.3 is 5.73 Å². The van der Waals surface area contributed by atoms with E-state index in [0.29, 0.717) is 6.54 Å². The summed E-state index contributed by atoms with van der Waals surface area (Å²) >= 11 is 0. The van der Waals surface area contributed by atoms with Gasteiger partial charge in [-0.15, -0.1) is 0 Å². The van der Waals surface area contributed by atoms with Crippen LogP contribution in [-0.2, 0) is 12.8 Å². The molecule has 0 spiro atoms. The van der Waals surface area contributed by atoms with Crippen LogP contribution in [0.5, 0.6) is 0 Å². The van der Waals surface area contributed by atoms with Crippen LogP contribution in [0.3, 0.4) is 0 Å². The lowest BCUT2D eigenvalue weighted by Crippen LogP contribution is -2.04. The lowest BCUT2D eigenvalue weighted by molar-refractivity contribution is 0.777. The Morgan fingerprint density at radius 1 is 1.05 bits per heavy atom. The highest BCUT2D eigenvalue weighted by molar-refractivity contribution is 5.59. The molecule has 0 atom stereocenters. The van der Waals surface area contributed by atoms with Gasteiger partial charge in [-0.25, -0.2) is 9.97 Å². The third kappa shape index (κ3) is 3.87. The van der Waals surface area contributed by atoms with Crippen LogP contribution in [0.25, 0.3) is 11.3 Å². The first-order valence-electron chi connectivity index (χ1n) is 7.37. The summed E-state index contributed by atoms with van der Waals surface area (Å²) in [5.41, 5.74) is 10.1. The van der Waals surface area contributed by atoms with Crippen molar-refractivity contribution in [3.05, 3.63) is 47.4 Å². The van der Waals surface area contributed by atoms with Gasteiger partial charge in [0, 0.05) is 17.7 Å². The molecule has 106 valence electrons. The number of hydrogen-bond donors (Lipinski definition) is 1. The average molecular weight is 269 g/mol. The number of aromatic nitrogens is 2. The highest BCUT2D eigenvalue weighted by atomic mass is 14.9. The lowest BCUT2D eigenvalue weighted by atomic mass is 10.1. The zero-order valence-electron chi connectivity index (χ0n) is 12.4. The van der Waals surface area contributed by atoms with E-state index in [1.54, 1.807) is 0 Å². The molecule has 0 aliphatic rings. The minimum atomic E-state index is 0.679. The molecule has 2 rings (SSSR count). The summed E-state index contributed by atoms with van der Waals surface area (Å²) in [4.78, 5) is 9.13. The molecule has 0 fully saturated rings. The zero-order valence-corrected chi connectivity index (χ0v) is 12.4. The topological polar surface area (TPSA) is 51.8 Å². The van der Waals surface area contributed by atoms with Crippen molar-refractivity contribution < 1.29 is 0 Å². The number of nitrogens with two attached hydrogens (primary N) is 1. The Balaban J connectivity index is 2.24. The van der Waals surface area contributed by atoms with Crippen molar-refractivity contribution in [3.8, 4) is 11.3 Å². The van der Waals surface area contributed by atoms with Crippen LogP contribution in [0.2, 0.25) is 0 Å². The van der Waals surface area contributed by atoms with Crippen LogP contribution in [-0.4, -0.2) is 16.5 Å². The molecule has 0 radical (unpaired) electrons. The lowest BCUT2D eigenvalue weighted by Gasteiger charge is -2.07. The molecule has 2 aromatic rings. The Bertz CT molecular complexity index is 547. The zero-order chi connectivity index (χ0) is 14.4. The van der Waals surface area contributed by atoms with Gasteiger partial charge in [-0.1, -0.05) is 37.6 Å². The molecule has 0 amide bonds. The molecule has 0 unspecified atom stereocenters. The SMILES string of the molecule is CCCc1ccc(-c2cc(C)nc(CCCN)n2)cc1. The second kappa shape index (κ2) is 7.15. The average Bonchev–Trinajstić information content (AvgIpc) is 2.46. The van der Waals surface area contributed by atoms with Crippen molar-refractivity contribution >= 4 is 0 Å². The molecule has 0 saturated carbocycles. The molecule has 2 N–H and O–H groups in total. The van der Waals surface area contributed by atoms with Gasteiger partial charge in [-0.3, -0.25) is 0 Å². The third-order valence-electron chi connectivity index (χ3n) is 3.29. The van der Waals surface area contributed by atoms with Crippen molar-refractivity contribution in [2.75, 3.05) is 6.54 Å². The van der Waals surface area contributed by atoms with E-state index in [1.165, 1.54) is 12.0 Å². The maximum atomic E-state index is 5.55. The molecule has 20 heavy (non-hydrogen) atoms. The molecular formula is C17H23N3. The highest BCUT2D eigenvalue weighted by Crippen LogP contribution is 2.19. The summed E-state index contributed by atoms with van der Waals surface area (Å²) in [6.45, 7) is 4.90. The van der Waals surface area contributed by atoms with Crippen LogP contribution in [0.4, 0.5) is 0 Å². The van der Waals surface area contributed by atoms with Gasteiger partial charge in [0.1, 0.15) is 5.82 Å². The van der Waals surface area contributed by atoms with Crippen LogP contribution in [0.1, 0.15) is 36.8 Å². The maximum Gasteiger partial charge on any atom is 0.129 e. The summed E-state index contributed by atoms with van der Waals surface area (Å²) in [5, 5.41) is 0. The highest BCUT2D eigenvalue weighted by Gasteiger charge is 2.05. The number of nitrogens with zero attached hydrogens (tertiary/aromatic N) is 2. The van der Waals surface area contributed by atoms with Crippen molar-refractivity contribution in [2.45, 2.75) is 39.5 Å². The molecule has 0 saturated heterocycles. The van der Waals surface area contributed by atoms with Gasteiger partial charge in [0.15, 0.2) is 0 Å². The Morgan fingerprint density at radius 2 is 1.80 bits per heavy atom. The van der Waals surface area contributed by atoms with E-state index in [1.807, 2.05) is 13.0 Å². The normalized spacial score (nSPS) is 10.8. The Labute approximate surface area is 121 Å². The van der Waals surface area contributed by atoms with Gasteiger partial charge in [-0.2, -0.15) is 0 Å². The van der Waals surface area contributed by atoms with Crippen LogP contribution < -0.4 is 5.73 Å². The predicted molar refractivity (Wildman–Crippen MR) is 83.6 cm³/mol. The van der Waals surface area contributed by atoms with Crippen LogP contribution in [0.15, 0.2) is 30.3 Å². The van der Waals surface area contributed by atoms with E-state index >= 15 is 0 Å². The van der Waals surface area contributed by atoms with Crippen LogP contribution >= 0.6 is 0 Å². The number of rotatable bonds is 6. The molecule has 3 nitrogen and oxygen atoms in total. The maximum absolute atomic E-state index is 5.55. The minimum absolute atomic E-state index is 0.679. The first-order valence-corrected chi connectivity index (χ1v) is 7.37. The standard InChI is InChI=1S/C17H23N3/c1-3-5-14-7-9-15(10-8-14)16-12-13(2)19-17(20-16)6-4-11-18/h7-10,12H,3-6,11,18H2,1-2H3. The fourth-order valence-electron chi connectivity index (χ4n) is 2.28. The summed E-state index contributed by atoms with van der Waals surface area (Å²) in [6, 6.07) is 10.7. The van der Waals surface area contributed by atoms with E-state index in [0.717, 1.165) is 42.0 Å². The van der Waals surface area contributed by atoms with E-state index in [-0.39, 0.29) is 0 Å². The van der Waals surface area contributed by atoms with E-state index in [4.69, 9.17) is 5.73 Å². The number of benzene rings is 1. The van der Waals surface area contributed by atoms with Crippen LogP contribution in [0, 0.1) is 6.92 Å². The van der Waals surface area contributed by atoms with E-state index in [2.05, 4.69) is 41.2 Å². The van der Waals surface area contributed by atoms with Gasteiger partial charge in [-0.05, 0) is 37.9 Å². The molecular weight excluding hydrogens is 246 g/mol. The molecule has 3 heteroatoms. The van der Waals surface area contributed by atoms with Crippen molar-refractivity contribution in [1.82, 2.24) is 9.97 Å². The summed E-state index contributed by atoms with van der Waals surface area (Å²) in [5.74, 6) is 0.892. The molecule has 0 aliphatic heterocycles. The first-order chi connectivity index (χ1) is 9.72. The summed E-state index contributed by atoms with van der Waals surface area (Å²) < 4.78 is 0. The molecule has 1 heterocycles. The largest absolute Gasteiger partial charge is 0.330 e. The summed E-state index contributed by atoms with van der Waals surface area (Å²) in [7, 11) is 0. The Morgan fingerprint density at radius 3 is 2.45 bits per heavy atom. The van der Waals surface area contributed by atoms with E-state index in [9.17, 15) is 0 Å². The second-order valence-electron chi connectivity index (χ2n) is 5.15.